The van der Waals surface area contributed by atoms with Gasteiger partial charge in [0.05, 0.1) is 13.7 Å². The number of methoxy groups -OCH3 is 2. The van der Waals surface area contributed by atoms with Gasteiger partial charge in [-0.15, -0.1) is 0 Å². The minimum atomic E-state index is -0.204. The van der Waals surface area contributed by atoms with Crippen molar-refractivity contribution in [2.24, 2.45) is 0 Å². The number of benzene rings is 4. The van der Waals surface area contributed by atoms with Crippen LogP contribution in [0.3, 0.4) is 0 Å². The second-order valence-corrected chi connectivity index (χ2v) is 10.00. The zero-order valence-electron chi connectivity index (χ0n) is 23.6. The lowest BCUT2D eigenvalue weighted by Crippen LogP contribution is -2.28. The summed E-state index contributed by atoms with van der Waals surface area (Å²) in [6.45, 7) is 2.08. The van der Waals surface area contributed by atoms with E-state index in [1.54, 1.807) is 14.2 Å². The number of ether oxygens (including phenoxy) is 3. The predicted octanol–water partition coefficient (Wildman–Crippen LogP) is 6.56. The summed E-state index contributed by atoms with van der Waals surface area (Å²) in [5, 5.41) is 4.13. The number of hydrogen-bond donors (Lipinski definition) is 1. The highest BCUT2D eigenvalue weighted by atomic mass is 16.5. The number of nitrogens with one attached hydrogen (secondary N) is 1. The molecule has 0 saturated heterocycles. The van der Waals surface area contributed by atoms with E-state index in [1.165, 1.54) is 5.56 Å². The highest BCUT2D eigenvalue weighted by molar-refractivity contribution is 5.87. The first-order valence-corrected chi connectivity index (χ1v) is 13.9. The Morgan fingerprint density at radius 2 is 1.54 bits per heavy atom. The van der Waals surface area contributed by atoms with E-state index in [4.69, 9.17) is 14.2 Å². The Kier molecular flexibility index (Phi) is 9.34. The summed E-state index contributed by atoms with van der Waals surface area (Å²) in [6, 6.07) is 34.8. The van der Waals surface area contributed by atoms with Gasteiger partial charge in [-0.3, -0.25) is 4.79 Å². The molecule has 0 radical (unpaired) electrons. The summed E-state index contributed by atoms with van der Waals surface area (Å²) in [5.41, 5.74) is 5.49. The molecule has 1 amide bonds. The molecule has 0 aliphatic heterocycles. The zero-order valence-corrected chi connectivity index (χ0v) is 23.6. The molecule has 0 aliphatic carbocycles. The predicted molar refractivity (Wildman–Crippen MR) is 163 cm³/mol. The Balaban J connectivity index is 1.54. The minimum Gasteiger partial charge on any atom is -0.493 e. The van der Waals surface area contributed by atoms with Crippen LogP contribution in [0.15, 0.2) is 109 Å². The summed E-state index contributed by atoms with van der Waals surface area (Å²) in [4.78, 5) is 13.2. The third kappa shape index (κ3) is 6.97. The molecule has 6 heteroatoms. The Morgan fingerprint density at radius 3 is 2.27 bits per heavy atom. The van der Waals surface area contributed by atoms with Crippen molar-refractivity contribution in [3.8, 4) is 11.5 Å². The molecule has 210 valence electrons. The zero-order chi connectivity index (χ0) is 28.4. The van der Waals surface area contributed by atoms with Gasteiger partial charge in [0.15, 0.2) is 11.5 Å². The van der Waals surface area contributed by atoms with Gasteiger partial charge >= 0.3 is 0 Å². The van der Waals surface area contributed by atoms with Gasteiger partial charge in [-0.05, 0) is 40.5 Å². The molecule has 5 rings (SSSR count). The number of aromatic nitrogens is 1. The summed E-state index contributed by atoms with van der Waals surface area (Å²) in [6.07, 6.45) is 2.48. The van der Waals surface area contributed by atoms with E-state index in [1.807, 2.05) is 54.6 Å². The molecule has 0 bridgehead atoms. The van der Waals surface area contributed by atoms with Crippen LogP contribution >= 0.6 is 0 Å². The van der Waals surface area contributed by atoms with Crippen LogP contribution in [0.25, 0.3) is 10.9 Å². The van der Waals surface area contributed by atoms with Crippen molar-refractivity contribution in [1.82, 2.24) is 9.88 Å². The second-order valence-electron chi connectivity index (χ2n) is 10.00. The third-order valence-electron chi connectivity index (χ3n) is 7.24. The number of carbonyl (C=O) groups excluding carboxylic acids is 1. The molecule has 0 fully saturated rings. The average molecular weight is 549 g/mol. The number of fused-ring (bicyclic) bond motifs is 1. The van der Waals surface area contributed by atoms with Crippen molar-refractivity contribution >= 4 is 16.8 Å². The van der Waals surface area contributed by atoms with Crippen LogP contribution in [-0.2, 0) is 22.7 Å². The Hall–Kier alpha value is -4.55. The molecular weight excluding hydrogens is 512 g/mol. The maximum atomic E-state index is 13.2. The quantitative estimate of drug-likeness (QED) is 0.169. The van der Waals surface area contributed by atoms with E-state index in [9.17, 15) is 4.79 Å². The first-order chi connectivity index (χ1) is 20.2. The number of amides is 1. The molecule has 0 spiro atoms. The van der Waals surface area contributed by atoms with Crippen LogP contribution in [-0.4, -0.2) is 37.8 Å². The molecule has 0 saturated carbocycles. The van der Waals surface area contributed by atoms with Gasteiger partial charge in [0, 0.05) is 49.6 Å². The van der Waals surface area contributed by atoms with E-state index >= 15 is 0 Å². The number of nitrogens with zero attached hydrogens (tertiary/aromatic N) is 1. The van der Waals surface area contributed by atoms with Crippen LogP contribution in [0.4, 0.5) is 0 Å². The van der Waals surface area contributed by atoms with Gasteiger partial charge in [0.2, 0.25) is 5.91 Å². The van der Waals surface area contributed by atoms with Crippen LogP contribution in [0.2, 0.25) is 0 Å². The fourth-order valence-corrected chi connectivity index (χ4v) is 5.18. The molecule has 1 N–H and O–H groups in total. The van der Waals surface area contributed by atoms with E-state index in [0.717, 1.165) is 34.1 Å². The minimum absolute atomic E-state index is 0.0329. The van der Waals surface area contributed by atoms with E-state index in [0.29, 0.717) is 31.3 Å². The maximum absolute atomic E-state index is 13.2. The molecule has 1 atom stereocenters. The molecule has 0 aliphatic rings. The lowest BCUT2D eigenvalue weighted by Gasteiger charge is -2.20. The monoisotopic (exact) mass is 548 g/mol. The van der Waals surface area contributed by atoms with Gasteiger partial charge in [-0.1, -0.05) is 84.9 Å². The lowest BCUT2D eigenvalue weighted by atomic mass is 9.87. The molecule has 41 heavy (non-hydrogen) atoms. The van der Waals surface area contributed by atoms with Crippen molar-refractivity contribution in [1.29, 1.82) is 0 Å². The number of hydrogen-bond acceptors (Lipinski definition) is 4. The standard InChI is InChI=1S/C35H36N2O4/c1-39-20-19-36-35(38)22-30(28-17-18-33(40-2)34(21-28)41-25-27-13-7-4-8-14-27)31-24-37(23-26-11-5-3-6-12-26)32-16-10-9-15-29(31)32/h3-18,21,24,30H,19-20,22-23,25H2,1-2H3,(H,36,38). The highest BCUT2D eigenvalue weighted by Crippen LogP contribution is 2.39. The smallest absolute Gasteiger partial charge is 0.221 e. The molecule has 6 nitrogen and oxygen atoms in total. The molecular formula is C35H36N2O4. The van der Waals surface area contributed by atoms with Crippen molar-refractivity contribution < 1.29 is 19.0 Å². The van der Waals surface area contributed by atoms with Crippen molar-refractivity contribution in [2.45, 2.75) is 25.5 Å². The fraction of sp³-hybridized carbons (Fsp3) is 0.229. The molecule has 1 aromatic heterocycles. The topological polar surface area (TPSA) is 61.7 Å². The SMILES string of the molecule is COCCNC(=O)CC(c1ccc(OC)c(OCc2ccccc2)c1)c1cn(Cc2ccccc2)c2ccccc12. The van der Waals surface area contributed by atoms with Gasteiger partial charge in [-0.25, -0.2) is 0 Å². The second kappa shape index (κ2) is 13.7. The van der Waals surface area contributed by atoms with E-state index in [2.05, 4.69) is 64.6 Å². The highest BCUT2D eigenvalue weighted by Gasteiger charge is 2.24. The Morgan fingerprint density at radius 1 is 0.829 bits per heavy atom. The van der Waals surface area contributed by atoms with Gasteiger partial charge < -0.3 is 24.1 Å². The van der Waals surface area contributed by atoms with Crippen molar-refractivity contribution in [3.05, 3.63) is 132 Å². The average Bonchev–Trinajstić information content (AvgIpc) is 3.37. The molecule has 5 aromatic rings. The van der Waals surface area contributed by atoms with Gasteiger partial charge in [-0.2, -0.15) is 0 Å². The van der Waals surface area contributed by atoms with Crippen LogP contribution < -0.4 is 14.8 Å². The number of carbonyl (C=O) groups is 1. The van der Waals surface area contributed by atoms with E-state index < -0.39 is 0 Å². The van der Waals surface area contributed by atoms with Gasteiger partial charge in [0.25, 0.3) is 0 Å². The molecule has 4 aromatic carbocycles. The van der Waals surface area contributed by atoms with Crippen molar-refractivity contribution in [2.75, 3.05) is 27.4 Å². The van der Waals surface area contributed by atoms with Crippen molar-refractivity contribution in [3.63, 3.8) is 0 Å². The Bertz CT molecular complexity index is 1560. The fourth-order valence-electron chi connectivity index (χ4n) is 5.18. The number of rotatable bonds is 13. The van der Waals surface area contributed by atoms with Crippen LogP contribution in [0.1, 0.15) is 34.6 Å². The summed E-state index contributed by atoms with van der Waals surface area (Å²) >= 11 is 0. The first-order valence-electron chi connectivity index (χ1n) is 13.9. The van der Waals surface area contributed by atoms with Crippen LogP contribution in [0.5, 0.6) is 11.5 Å². The summed E-state index contributed by atoms with van der Waals surface area (Å²) in [7, 11) is 3.27. The summed E-state index contributed by atoms with van der Waals surface area (Å²) in [5.74, 6) is 1.06. The number of para-hydroxylation sites is 1. The normalized spacial score (nSPS) is 11.8. The van der Waals surface area contributed by atoms with E-state index in [-0.39, 0.29) is 18.2 Å². The molecule has 1 unspecified atom stereocenters. The third-order valence-corrected chi connectivity index (χ3v) is 7.24. The molecule has 1 heterocycles. The largest absolute Gasteiger partial charge is 0.493 e. The lowest BCUT2D eigenvalue weighted by molar-refractivity contribution is -0.121. The van der Waals surface area contributed by atoms with Crippen LogP contribution in [0, 0.1) is 0 Å². The Labute approximate surface area is 241 Å². The first kappa shape index (κ1) is 28.0. The van der Waals surface area contributed by atoms with Gasteiger partial charge in [0.1, 0.15) is 6.61 Å². The summed E-state index contributed by atoms with van der Waals surface area (Å²) < 4.78 is 19.3. The maximum Gasteiger partial charge on any atom is 0.221 e.